The quantitative estimate of drug-likeness (QED) is 0.651. The van der Waals surface area contributed by atoms with E-state index >= 15 is 0 Å². The van der Waals surface area contributed by atoms with E-state index in [1.54, 1.807) is 6.07 Å². The highest BCUT2D eigenvalue weighted by molar-refractivity contribution is 5.92. The SMILES string of the molecule is COC(=O)c1ccc(N)c(OCC(=O)Nc2ccccc2F)c1. The van der Waals surface area contributed by atoms with Crippen LogP contribution in [0.3, 0.4) is 0 Å². The molecule has 23 heavy (non-hydrogen) atoms. The van der Waals surface area contributed by atoms with Gasteiger partial charge in [-0.15, -0.1) is 0 Å². The Hall–Kier alpha value is -3.09. The van der Waals surface area contributed by atoms with Crippen LogP contribution in [0.1, 0.15) is 10.4 Å². The number of para-hydroxylation sites is 1. The molecule has 7 heteroatoms. The zero-order chi connectivity index (χ0) is 16.8. The third kappa shape index (κ3) is 4.19. The van der Waals surface area contributed by atoms with Crippen molar-refractivity contribution in [3.05, 3.63) is 53.8 Å². The smallest absolute Gasteiger partial charge is 0.337 e. The molecule has 0 heterocycles. The van der Waals surface area contributed by atoms with E-state index in [0.29, 0.717) is 0 Å². The number of hydrogen-bond acceptors (Lipinski definition) is 5. The predicted molar refractivity (Wildman–Crippen MR) is 82.7 cm³/mol. The lowest BCUT2D eigenvalue weighted by molar-refractivity contribution is -0.118. The van der Waals surface area contributed by atoms with Crippen molar-refractivity contribution in [2.24, 2.45) is 0 Å². The maximum atomic E-state index is 13.4. The van der Waals surface area contributed by atoms with Crippen molar-refractivity contribution in [3.8, 4) is 5.75 Å². The Balaban J connectivity index is 2.01. The first-order valence-electron chi connectivity index (χ1n) is 6.66. The fourth-order valence-electron chi connectivity index (χ4n) is 1.80. The number of carbonyl (C=O) groups is 2. The Morgan fingerprint density at radius 1 is 1.22 bits per heavy atom. The third-order valence-electron chi connectivity index (χ3n) is 2.94. The van der Waals surface area contributed by atoms with E-state index in [1.165, 1.54) is 43.5 Å². The fourth-order valence-corrected chi connectivity index (χ4v) is 1.80. The molecular weight excluding hydrogens is 303 g/mol. The van der Waals surface area contributed by atoms with Gasteiger partial charge in [-0.05, 0) is 30.3 Å². The van der Waals surface area contributed by atoms with Crippen molar-refractivity contribution in [2.45, 2.75) is 0 Å². The first-order valence-corrected chi connectivity index (χ1v) is 6.66. The second-order valence-electron chi connectivity index (χ2n) is 4.56. The third-order valence-corrected chi connectivity index (χ3v) is 2.94. The number of nitrogens with one attached hydrogen (secondary N) is 1. The summed E-state index contributed by atoms with van der Waals surface area (Å²) < 4.78 is 23.3. The number of benzene rings is 2. The van der Waals surface area contributed by atoms with Crippen molar-refractivity contribution in [2.75, 3.05) is 24.8 Å². The highest BCUT2D eigenvalue weighted by atomic mass is 19.1. The molecule has 1 amide bonds. The monoisotopic (exact) mass is 318 g/mol. The highest BCUT2D eigenvalue weighted by Gasteiger charge is 2.12. The maximum Gasteiger partial charge on any atom is 0.337 e. The van der Waals surface area contributed by atoms with Crippen molar-refractivity contribution in [1.82, 2.24) is 0 Å². The molecule has 0 bridgehead atoms. The normalized spacial score (nSPS) is 10.0. The second kappa shape index (κ2) is 7.26. The first kappa shape index (κ1) is 16.3. The minimum Gasteiger partial charge on any atom is -0.482 e. The van der Waals surface area contributed by atoms with Crippen molar-refractivity contribution in [1.29, 1.82) is 0 Å². The molecular formula is C16H15FN2O4. The number of hydrogen-bond donors (Lipinski definition) is 2. The second-order valence-corrected chi connectivity index (χ2v) is 4.56. The van der Waals surface area contributed by atoms with Gasteiger partial charge in [0, 0.05) is 0 Å². The number of carbonyl (C=O) groups excluding carboxylic acids is 2. The topological polar surface area (TPSA) is 90.7 Å². The zero-order valence-corrected chi connectivity index (χ0v) is 12.3. The summed E-state index contributed by atoms with van der Waals surface area (Å²) in [6, 6.07) is 10.1. The number of anilines is 2. The summed E-state index contributed by atoms with van der Waals surface area (Å²) in [6.45, 7) is -0.386. The number of methoxy groups -OCH3 is 1. The van der Waals surface area contributed by atoms with E-state index in [9.17, 15) is 14.0 Å². The molecule has 2 rings (SSSR count). The van der Waals surface area contributed by atoms with Gasteiger partial charge in [-0.2, -0.15) is 0 Å². The summed E-state index contributed by atoms with van der Waals surface area (Å²) in [6.07, 6.45) is 0. The number of nitrogens with two attached hydrogens (primary N) is 1. The molecule has 2 aromatic carbocycles. The lowest BCUT2D eigenvalue weighted by Gasteiger charge is -2.11. The van der Waals surface area contributed by atoms with Crippen LogP contribution < -0.4 is 15.8 Å². The molecule has 0 atom stereocenters. The molecule has 0 aliphatic heterocycles. The molecule has 0 spiro atoms. The molecule has 0 aliphatic rings. The number of nitrogen functional groups attached to an aromatic ring is 1. The van der Waals surface area contributed by atoms with Gasteiger partial charge in [0.1, 0.15) is 11.6 Å². The molecule has 6 nitrogen and oxygen atoms in total. The van der Waals surface area contributed by atoms with Gasteiger partial charge in [-0.25, -0.2) is 9.18 Å². The van der Waals surface area contributed by atoms with Crippen molar-refractivity contribution in [3.63, 3.8) is 0 Å². The van der Waals surface area contributed by atoms with E-state index in [2.05, 4.69) is 10.1 Å². The van der Waals surface area contributed by atoms with Gasteiger partial charge in [0.05, 0.1) is 24.0 Å². The van der Waals surface area contributed by atoms with Crippen LogP contribution in [0.2, 0.25) is 0 Å². The van der Waals surface area contributed by atoms with Gasteiger partial charge in [-0.3, -0.25) is 4.79 Å². The lowest BCUT2D eigenvalue weighted by atomic mass is 10.2. The fraction of sp³-hybridized carbons (Fsp3) is 0.125. The van der Waals surface area contributed by atoms with E-state index in [4.69, 9.17) is 10.5 Å². The van der Waals surface area contributed by atoms with E-state index in [-0.39, 0.29) is 29.3 Å². The number of halogens is 1. The molecule has 2 aromatic rings. The van der Waals surface area contributed by atoms with Crippen LogP contribution in [0, 0.1) is 5.82 Å². The number of ether oxygens (including phenoxy) is 2. The molecule has 3 N–H and O–H groups in total. The molecule has 0 saturated heterocycles. The standard InChI is InChI=1S/C16H15FN2O4/c1-22-16(21)10-6-7-12(18)14(8-10)23-9-15(20)19-13-5-3-2-4-11(13)17/h2-8H,9,18H2,1H3,(H,19,20). The minimum atomic E-state index is -0.557. The van der Waals surface area contributed by atoms with Gasteiger partial charge < -0.3 is 20.5 Å². The summed E-state index contributed by atoms with van der Waals surface area (Å²) in [5.74, 6) is -1.49. The molecule has 0 aliphatic carbocycles. The van der Waals surface area contributed by atoms with Gasteiger partial charge in [0.15, 0.2) is 6.61 Å². The van der Waals surface area contributed by atoms with Gasteiger partial charge in [0.25, 0.3) is 5.91 Å². The van der Waals surface area contributed by atoms with Crippen LogP contribution in [0.4, 0.5) is 15.8 Å². The first-order chi connectivity index (χ1) is 11.0. The maximum absolute atomic E-state index is 13.4. The number of rotatable bonds is 5. The summed E-state index contributed by atoms with van der Waals surface area (Å²) in [5, 5.41) is 2.38. The number of amides is 1. The Kier molecular flexibility index (Phi) is 5.14. The molecule has 0 unspecified atom stereocenters. The Bertz CT molecular complexity index is 734. The van der Waals surface area contributed by atoms with Gasteiger partial charge in [-0.1, -0.05) is 12.1 Å². The van der Waals surface area contributed by atoms with Crippen LogP contribution in [-0.4, -0.2) is 25.6 Å². The molecule has 120 valence electrons. The zero-order valence-electron chi connectivity index (χ0n) is 12.3. The molecule has 0 radical (unpaired) electrons. The van der Waals surface area contributed by atoms with Crippen LogP contribution >= 0.6 is 0 Å². The summed E-state index contributed by atoms with van der Waals surface area (Å²) >= 11 is 0. The van der Waals surface area contributed by atoms with Crippen LogP contribution in [-0.2, 0) is 9.53 Å². The molecule has 0 fully saturated rings. The van der Waals surface area contributed by atoms with Crippen molar-refractivity contribution >= 4 is 23.3 Å². The van der Waals surface area contributed by atoms with E-state index in [1.807, 2.05) is 0 Å². The van der Waals surface area contributed by atoms with Gasteiger partial charge in [0.2, 0.25) is 0 Å². The summed E-state index contributed by atoms with van der Waals surface area (Å²) in [5.41, 5.74) is 6.28. The van der Waals surface area contributed by atoms with Crippen LogP contribution in [0.5, 0.6) is 5.75 Å². The minimum absolute atomic E-state index is 0.0531. The van der Waals surface area contributed by atoms with Crippen LogP contribution in [0.15, 0.2) is 42.5 Å². The Labute approximate surface area is 132 Å². The summed E-state index contributed by atoms with van der Waals surface area (Å²) in [7, 11) is 1.25. The molecule has 0 aromatic heterocycles. The molecule has 0 saturated carbocycles. The lowest BCUT2D eigenvalue weighted by Crippen LogP contribution is -2.21. The predicted octanol–water partition coefficient (Wildman–Crippen LogP) is 2.21. The Morgan fingerprint density at radius 3 is 2.65 bits per heavy atom. The highest BCUT2D eigenvalue weighted by Crippen LogP contribution is 2.23. The Morgan fingerprint density at radius 2 is 1.96 bits per heavy atom. The number of esters is 1. The average molecular weight is 318 g/mol. The van der Waals surface area contributed by atoms with E-state index in [0.717, 1.165) is 0 Å². The summed E-state index contributed by atoms with van der Waals surface area (Å²) in [4.78, 5) is 23.2. The van der Waals surface area contributed by atoms with Crippen LogP contribution in [0.25, 0.3) is 0 Å². The van der Waals surface area contributed by atoms with E-state index < -0.39 is 17.7 Å². The largest absolute Gasteiger partial charge is 0.482 e. The van der Waals surface area contributed by atoms with Gasteiger partial charge >= 0.3 is 5.97 Å². The average Bonchev–Trinajstić information content (AvgIpc) is 2.55. The van der Waals surface area contributed by atoms with Crippen molar-refractivity contribution < 1.29 is 23.5 Å².